The number of carboxylic acids is 1. The Bertz CT molecular complexity index is 167. The van der Waals surface area contributed by atoms with E-state index in [9.17, 15) is 4.79 Å². The first-order valence-electron chi connectivity index (χ1n) is 5.63. The Kier molecular flexibility index (Phi) is 8.33. The van der Waals surface area contributed by atoms with Crippen molar-refractivity contribution in [3.8, 4) is 0 Å². The van der Waals surface area contributed by atoms with Gasteiger partial charge >= 0.3 is 5.97 Å². The number of carboxylic acid groups (broad SMARTS) is 1. The molecule has 0 rings (SSSR count). The standard InChI is InChI=1S/C11H23NO3/c1-4-6-9(8-15-3)12-10(7-5-2)11(13)14/h9-10,12H,4-8H2,1-3H3,(H,13,14). The summed E-state index contributed by atoms with van der Waals surface area (Å²) in [5.74, 6) is -0.769. The molecule has 0 saturated heterocycles. The zero-order valence-electron chi connectivity index (χ0n) is 9.95. The van der Waals surface area contributed by atoms with Gasteiger partial charge in [0.15, 0.2) is 0 Å². The first-order valence-corrected chi connectivity index (χ1v) is 5.63. The van der Waals surface area contributed by atoms with Crippen molar-refractivity contribution in [3.05, 3.63) is 0 Å². The minimum absolute atomic E-state index is 0.146. The average Bonchev–Trinajstić information content (AvgIpc) is 2.17. The highest BCUT2D eigenvalue weighted by Gasteiger charge is 2.19. The van der Waals surface area contributed by atoms with Crippen molar-refractivity contribution in [2.24, 2.45) is 0 Å². The van der Waals surface area contributed by atoms with E-state index in [1.54, 1.807) is 7.11 Å². The number of hydrogen-bond donors (Lipinski definition) is 2. The Hall–Kier alpha value is -0.610. The highest BCUT2D eigenvalue weighted by atomic mass is 16.5. The molecule has 0 heterocycles. The lowest BCUT2D eigenvalue weighted by atomic mass is 10.1. The van der Waals surface area contributed by atoms with Crippen LogP contribution in [0.15, 0.2) is 0 Å². The van der Waals surface area contributed by atoms with E-state index >= 15 is 0 Å². The van der Waals surface area contributed by atoms with Gasteiger partial charge in [0.1, 0.15) is 6.04 Å². The number of nitrogens with one attached hydrogen (secondary N) is 1. The van der Waals surface area contributed by atoms with Crippen LogP contribution >= 0.6 is 0 Å². The van der Waals surface area contributed by atoms with Crippen molar-refractivity contribution < 1.29 is 14.6 Å². The van der Waals surface area contributed by atoms with Gasteiger partial charge in [0.05, 0.1) is 6.61 Å². The van der Waals surface area contributed by atoms with Gasteiger partial charge in [0.2, 0.25) is 0 Å². The molecule has 0 aromatic carbocycles. The largest absolute Gasteiger partial charge is 0.480 e. The number of ether oxygens (including phenoxy) is 1. The molecule has 0 aliphatic heterocycles. The van der Waals surface area contributed by atoms with Crippen LogP contribution in [0.4, 0.5) is 0 Å². The third-order valence-electron chi connectivity index (χ3n) is 2.32. The van der Waals surface area contributed by atoms with Gasteiger partial charge in [-0.3, -0.25) is 10.1 Å². The summed E-state index contributed by atoms with van der Waals surface area (Å²) < 4.78 is 5.06. The van der Waals surface area contributed by atoms with Crippen molar-refractivity contribution >= 4 is 5.97 Å². The van der Waals surface area contributed by atoms with Crippen LogP contribution in [0, 0.1) is 0 Å². The van der Waals surface area contributed by atoms with Gasteiger partial charge in [-0.05, 0) is 12.8 Å². The lowest BCUT2D eigenvalue weighted by Gasteiger charge is -2.22. The molecule has 0 spiro atoms. The predicted molar refractivity (Wildman–Crippen MR) is 60.0 cm³/mol. The highest BCUT2D eigenvalue weighted by molar-refractivity contribution is 5.73. The van der Waals surface area contributed by atoms with Crippen LogP contribution in [-0.2, 0) is 9.53 Å². The van der Waals surface area contributed by atoms with Crippen molar-refractivity contribution in [2.45, 2.75) is 51.6 Å². The molecule has 2 unspecified atom stereocenters. The number of aliphatic carboxylic acids is 1. The maximum absolute atomic E-state index is 10.9. The first kappa shape index (κ1) is 14.4. The van der Waals surface area contributed by atoms with Gasteiger partial charge < -0.3 is 9.84 Å². The molecule has 15 heavy (non-hydrogen) atoms. The fourth-order valence-electron chi connectivity index (χ4n) is 1.62. The molecule has 0 radical (unpaired) electrons. The maximum Gasteiger partial charge on any atom is 0.320 e. The molecular weight excluding hydrogens is 194 g/mol. The molecule has 4 heteroatoms. The van der Waals surface area contributed by atoms with E-state index in [1.807, 2.05) is 6.92 Å². The van der Waals surface area contributed by atoms with Crippen LogP contribution in [0.2, 0.25) is 0 Å². The SMILES string of the molecule is CCCC(COC)NC(CCC)C(=O)O. The highest BCUT2D eigenvalue weighted by Crippen LogP contribution is 2.03. The topological polar surface area (TPSA) is 58.6 Å². The normalized spacial score (nSPS) is 14.9. The quantitative estimate of drug-likeness (QED) is 0.616. The molecule has 4 nitrogen and oxygen atoms in total. The van der Waals surface area contributed by atoms with Crippen LogP contribution in [0.3, 0.4) is 0 Å². The van der Waals surface area contributed by atoms with Crippen LogP contribution in [0.25, 0.3) is 0 Å². The van der Waals surface area contributed by atoms with Crippen LogP contribution in [0.1, 0.15) is 39.5 Å². The van der Waals surface area contributed by atoms with Gasteiger partial charge in [-0.2, -0.15) is 0 Å². The smallest absolute Gasteiger partial charge is 0.320 e. The molecule has 2 atom stereocenters. The van der Waals surface area contributed by atoms with Crippen molar-refractivity contribution in [2.75, 3.05) is 13.7 Å². The maximum atomic E-state index is 10.9. The molecular formula is C11H23NO3. The lowest BCUT2D eigenvalue weighted by Crippen LogP contribution is -2.45. The molecule has 0 aromatic heterocycles. The second-order valence-corrected chi connectivity index (χ2v) is 3.79. The summed E-state index contributed by atoms with van der Waals surface area (Å²) in [6.45, 7) is 4.64. The van der Waals surface area contributed by atoms with E-state index in [2.05, 4.69) is 12.2 Å². The van der Waals surface area contributed by atoms with E-state index in [1.165, 1.54) is 0 Å². The van der Waals surface area contributed by atoms with Crippen molar-refractivity contribution in [1.82, 2.24) is 5.32 Å². The van der Waals surface area contributed by atoms with Gasteiger partial charge in [-0.25, -0.2) is 0 Å². The fourth-order valence-corrected chi connectivity index (χ4v) is 1.62. The van der Waals surface area contributed by atoms with Gasteiger partial charge in [-0.1, -0.05) is 26.7 Å². The molecule has 0 aliphatic carbocycles. The van der Waals surface area contributed by atoms with E-state index in [4.69, 9.17) is 9.84 Å². The molecule has 0 saturated carbocycles. The molecule has 0 aromatic rings. The van der Waals surface area contributed by atoms with Crippen LogP contribution < -0.4 is 5.32 Å². The Morgan fingerprint density at radius 2 is 1.93 bits per heavy atom. The summed E-state index contributed by atoms with van der Waals surface area (Å²) in [6, 6.07) is -0.297. The van der Waals surface area contributed by atoms with E-state index in [0.717, 1.165) is 19.3 Å². The van der Waals surface area contributed by atoms with Gasteiger partial charge in [0.25, 0.3) is 0 Å². The molecule has 2 N–H and O–H groups in total. The Morgan fingerprint density at radius 3 is 2.33 bits per heavy atom. The zero-order valence-corrected chi connectivity index (χ0v) is 9.95. The third kappa shape index (κ3) is 6.47. The molecule has 0 aliphatic rings. The molecule has 0 amide bonds. The van der Waals surface area contributed by atoms with E-state index < -0.39 is 12.0 Å². The summed E-state index contributed by atoms with van der Waals surface area (Å²) in [5, 5.41) is 12.1. The Balaban J connectivity index is 4.12. The van der Waals surface area contributed by atoms with E-state index in [-0.39, 0.29) is 6.04 Å². The minimum Gasteiger partial charge on any atom is -0.480 e. The van der Waals surface area contributed by atoms with Crippen molar-refractivity contribution in [3.63, 3.8) is 0 Å². The first-order chi connectivity index (χ1) is 7.15. The second-order valence-electron chi connectivity index (χ2n) is 3.79. The lowest BCUT2D eigenvalue weighted by molar-refractivity contribution is -0.140. The monoisotopic (exact) mass is 217 g/mol. The summed E-state index contributed by atoms with van der Waals surface area (Å²) in [4.78, 5) is 10.9. The zero-order chi connectivity index (χ0) is 11.7. The molecule has 0 bridgehead atoms. The van der Waals surface area contributed by atoms with Crippen molar-refractivity contribution in [1.29, 1.82) is 0 Å². The van der Waals surface area contributed by atoms with Crippen LogP contribution in [0.5, 0.6) is 0 Å². The average molecular weight is 217 g/mol. The summed E-state index contributed by atoms with van der Waals surface area (Å²) >= 11 is 0. The minimum atomic E-state index is -0.769. The predicted octanol–water partition coefficient (Wildman–Crippen LogP) is 1.64. The summed E-state index contributed by atoms with van der Waals surface area (Å²) in [7, 11) is 1.64. The summed E-state index contributed by atoms with van der Waals surface area (Å²) in [6.07, 6.45) is 3.51. The number of carbonyl (C=O) groups is 1. The second kappa shape index (κ2) is 8.68. The summed E-state index contributed by atoms with van der Waals surface area (Å²) in [5.41, 5.74) is 0. The molecule has 0 fully saturated rings. The molecule has 90 valence electrons. The third-order valence-corrected chi connectivity index (χ3v) is 2.32. The number of hydrogen-bond acceptors (Lipinski definition) is 3. The number of methoxy groups -OCH3 is 1. The Morgan fingerprint density at radius 1 is 1.33 bits per heavy atom. The number of rotatable bonds is 9. The fraction of sp³-hybridized carbons (Fsp3) is 0.909. The van der Waals surface area contributed by atoms with Gasteiger partial charge in [-0.15, -0.1) is 0 Å². The van der Waals surface area contributed by atoms with Crippen LogP contribution in [-0.4, -0.2) is 36.9 Å². The Labute approximate surface area is 92.0 Å². The van der Waals surface area contributed by atoms with Gasteiger partial charge in [0, 0.05) is 13.2 Å². The van der Waals surface area contributed by atoms with E-state index in [0.29, 0.717) is 13.0 Å².